The van der Waals surface area contributed by atoms with Gasteiger partial charge in [0.25, 0.3) is 0 Å². The lowest BCUT2D eigenvalue weighted by Gasteiger charge is -2.20. The summed E-state index contributed by atoms with van der Waals surface area (Å²) in [6.45, 7) is 12.9. The maximum absolute atomic E-state index is 2.36. The van der Waals surface area contributed by atoms with Gasteiger partial charge >= 0.3 is 0 Å². The van der Waals surface area contributed by atoms with E-state index < -0.39 is 0 Å². The highest BCUT2D eigenvalue weighted by molar-refractivity contribution is 5.73. The van der Waals surface area contributed by atoms with E-state index in [0.29, 0.717) is 0 Å². The minimum absolute atomic E-state index is 1.04. The van der Waals surface area contributed by atoms with Crippen LogP contribution in [0.25, 0.3) is 24.3 Å². The van der Waals surface area contributed by atoms with E-state index >= 15 is 0 Å². The second-order valence-electron chi connectivity index (χ2n) is 7.86. The molecule has 0 fully saturated rings. The Morgan fingerprint density at radius 3 is 0.844 bits per heavy atom. The van der Waals surface area contributed by atoms with Crippen molar-refractivity contribution in [1.82, 2.24) is 0 Å². The topological polar surface area (TPSA) is 6.48 Å². The number of benzene rings is 3. The Morgan fingerprint density at radius 1 is 0.406 bits per heavy atom. The number of hydrogen-bond donors (Lipinski definition) is 0. The molecule has 166 valence electrons. The first kappa shape index (κ1) is 23.4. The molecule has 0 heterocycles. The molecule has 0 atom stereocenters. The molecule has 0 aliphatic heterocycles. The summed E-state index contributed by atoms with van der Waals surface area (Å²) in [6.07, 6.45) is 8.69. The fourth-order valence-corrected chi connectivity index (χ4v) is 3.87. The largest absolute Gasteiger partial charge is 0.372 e. The standard InChI is InChI=1S/C30H36N2/c1-5-31(6-2)29-21-17-27(18-22-29)15-13-25-9-11-26(12-10-25)14-16-28-19-23-30(24-20-28)32(7-3)8-4/h9-24H,5-8H2,1-4H3. The summed E-state index contributed by atoms with van der Waals surface area (Å²) in [6, 6.07) is 26.2. The van der Waals surface area contributed by atoms with Crippen LogP contribution >= 0.6 is 0 Å². The van der Waals surface area contributed by atoms with E-state index in [2.05, 4.69) is 135 Å². The van der Waals surface area contributed by atoms with Gasteiger partial charge in [-0.1, -0.05) is 72.8 Å². The van der Waals surface area contributed by atoms with Gasteiger partial charge in [-0.15, -0.1) is 0 Å². The van der Waals surface area contributed by atoms with Crippen molar-refractivity contribution in [2.75, 3.05) is 36.0 Å². The monoisotopic (exact) mass is 424 g/mol. The molecule has 3 aromatic carbocycles. The van der Waals surface area contributed by atoms with Crippen LogP contribution in [0.1, 0.15) is 49.9 Å². The second-order valence-corrected chi connectivity index (χ2v) is 7.86. The molecule has 2 heteroatoms. The van der Waals surface area contributed by atoms with E-state index in [0.717, 1.165) is 26.2 Å². The molecule has 3 rings (SSSR count). The molecule has 2 nitrogen and oxygen atoms in total. The van der Waals surface area contributed by atoms with Crippen LogP contribution < -0.4 is 9.80 Å². The van der Waals surface area contributed by atoms with Crippen LogP contribution in [0.2, 0.25) is 0 Å². The number of anilines is 2. The normalized spacial score (nSPS) is 11.4. The van der Waals surface area contributed by atoms with Gasteiger partial charge in [0.15, 0.2) is 0 Å². The lowest BCUT2D eigenvalue weighted by molar-refractivity contribution is 0.866. The van der Waals surface area contributed by atoms with E-state index in [1.165, 1.54) is 33.6 Å². The third-order valence-electron chi connectivity index (χ3n) is 5.92. The van der Waals surface area contributed by atoms with Crippen LogP contribution in [-0.4, -0.2) is 26.2 Å². The lowest BCUT2D eigenvalue weighted by Crippen LogP contribution is -2.21. The zero-order chi connectivity index (χ0) is 22.8. The molecular weight excluding hydrogens is 388 g/mol. The van der Waals surface area contributed by atoms with E-state index in [-0.39, 0.29) is 0 Å². The maximum Gasteiger partial charge on any atom is 0.0366 e. The number of rotatable bonds is 10. The van der Waals surface area contributed by atoms with Crippen LogP contribution in [0.3, 0.4) is 0 Å². The molecule has 0 amide bonds. The first-order chi connectivity index (χ1) is 15.7. The molecule has 0 N–H and O–H groups in total. The Morgan fingerprint density at radius 2 is 0.625 bits per heavy atom. The van der Waals surface area contributed by atoms with Crippen molar-refractivity contribution in [2.24, 2.45) is 0 Å². The van der Waals surface area contributed by atoms with Crippen LogP contribution in [0.5, 0.6) is 0 Å². The van der Waals surface area contributed by atoms with Crippen molar-refractivity contribution >= 4 is 35.7 Å². The Balaban J connectivity index is 1.60. The molecule has 32 heavy (non-hydrogen) atoms. The van der Waals surface area contributed by atoms with Gasteiger partial charge in [-0.3, -0.25) is 0 Å². The molecular formula is C30H36N2. The first-order valence-electron chi connectivity index (χ1n) is 11.8. The van der Waals surface area contributed by atoms with E-state index in [1.807, 2.05) is 0 Å². The highest BCUT2D eigenvalue weighted by Gasteiger charge is 2.01. The van der Waals surface area contributed by atoms with Crippen molar-refractivity contribution in [2.45, 2.75) is 27.7 Å². The summed E-state index contributed by atoms with van der Waals surface area (Å²) in [5, 5.41) is 0. The van der Waals surface area contributed by atoms with Gasteiger partial charge in [-0.2, -0.15) is 0 Å². The number of hydrogen-bond acceptors (Lipinski definition) is 2. The van der Waals surface area contributed by atoms with Crippen molar-refractivity contribution in [1.29, 1.82) is 0 Å². The Bertz CT molecular complexity index is 904. The van der Waals surface area contributed by atoms with Crippen molar-refractivity contribution in [3.63, 3.8) is 0 Å². The van der Waals surface area contributed by atoms with Crippen molar-refractivity contribution in [3.8, 4) is 0 Å². The molecule has 0 aromatic heterocycles. The minimum atomic E-state index is 1.04. The summed E-state index contributed by atoms with van der Waals surface area (Å²) in [7, 11) is 0. The summed E-state index contributed by atoms with van der Waals surface area (Å²) in [5.41, 5.74) is 7.42. The van der Waals surface area contributed by atoms with Crippen molar-refractivity contribution < 1.29 is 0 Å². The third kappa shape index (κ3) is 6.37. The molecule has 0 aliphatic rings. The van der Waals surface area contributed by atoms with Gasteiger partial charge < -0.3 is 9.80 Å². The van der Waals surface area contributed by atoms with Gasteiger partial charge in [0.1, 0.15) is 0 Å². The zero-order valence-corrected chi connectivity index (χ0v) is 20.0. The van der Waals surface area contributed by atoms with Gasteiger partial charge in [-0.05, 0) is 74.2 Å². The highest BCUT2D eigenvalue weighted by Crippen LogP contribution is 2.18. The maximum atomic E-state index is 2.36. The predicted molar refractivity (Wildman–Crippen MR) is 144 cm³/mol. The Kier molecular flexibility index (Phi) is 8.74. The fraction of sp³-hybridized carbons (Fsp3) is 0.267. The van der Waals surface area contributed by atoms with Crippen molar-refractivity contribution in [3.05, 3.63) is 95.1 Å². The minimum Gasteiger partial charge on any atom is -0.372 e. The Labute approximate surface area is 194 Å². The summed E-state index contributed by atoms with van der Waals surface area (Å²) >= 11 is 0. The summed E-state index contributed by atoms with van der Waals surface area (Å²) < 4.78 is 0. The second kappa shape index (κ2) is 12.0. The molecule has 0 aliphatic carbocycles. The van der Waals surface area contributed by atoms with Gasteiger partial charge in [-0.25, -0.2) is 0 Å². The van der Waals surface area contributed by atoms with Gasteiger partial charge in [0.2, 0.25) is 0 Å². The molecule has 0 saturated carbocycles. The molecule has 0 saturated heterocycles. The molecule has 0 bridgehead atoms. The molecule has 0 spiro atoms. The molecule has 0 radical (unpaired) electrons. The number of nitrogens with zero attached hydrogens (tertiary/aromatic N) is 2. The van der Waals surface area contributed by atoms with Crippen LogP contribution in [-0.2, 0) is 0 Å². The van der Waals surface area contributed by atoms with Crippen LogP contribution in [0.4, 0.5) is 11.4 Å². The lowest BCUT2D eigenvalue weighted by atomic mass is 10.1. The Hall–Kier alpha value is -3.26. The summed E-state index contributed by atoms with van der Waals surface area (Å²) in [4.78, 5) is 4.72. The highest BCUT2D eigenvalue weighted by atomic mass is 15.1. The van der Waals surface area contributed by atoms with E-state index in [9.17, 15) is 0 Å². The average Bonchev–Trinajstić information content (AvgIpc) is 2.85. The van der Waals surface area contributed by atoms with E-state index in [4.69, 9.17) is 0 Å². The van der Waals surface area contributed by atoms with Gasteiger partial charge in [0, 0.05) is 37.6 Å². The van der Waals surface area contributed by atoms with Crippen LogP contribution in [0, 0.1) is 0 Å². The first-order valence-corrected chi connectivity index (χ1v) is 11.8. The molecule has 3 aromatic rings. The predicted octanol–water partition coefficient (Wildman–Crippen LogP) is 7.72. The smallest absolute Gasteiger partial charge is 0.0366 e. The van der Waals surface area contributed by atoms with E-state index in [1.54, 1.807) is 0 Å². The molecule has 0 unspecified atom stereocenters. The quantitative estimate of drug-likeness (QED) is 0.307. The fourth-order valence-electron chi connectivity index (χ4n) is 3.87. The SMILES string of the molecule is CCN(CC)c1ccc(C=Cc2ccc(C=Cc3ccc(N(CC)CC)cc3)cc2)cc1. The summed E-state index contributed by atoms with van der Waals surface area (Å²) in [5.74, 6) is 0. The zero-order valence-electron chi connectivity index (χ0n) is 20.0. The van der Waals surface area contributed by atoms with Gasteiger partial charge in [0.05, 0.1) is 0 Å². The average molecular weight is 425 g/mol. The van der Waals surface area contributed by atoms with Crippen LogP contribution in [0.15, 0.2) is 72.8 Å². The third-order valence-corrected chi connectivity index (χ3v) is 5.92.